The average molecular weight is 330 g/mol. The van der Waals surface area contributed by atoms with Gasteiger partial charge >= 0.3 is 5.97 Å². The van der Waals surface area contributed by atoms with E-state index in [1.807, 2.05) is 48.5 Å². The van der Waals surface area contributed by atoms with Gasteiger partial charge in [0.2, 0.25) is 5.78 Å². The first kappa shape index (κ1) is 16.7. The van der Waals surface area contributed by atoms with Gasteiger partial charge in [0.1, 0.15) is 0 Å². The molecule has 0 spiro atoms. The molecule has 25 heavy (non-hydrogen) atoms. The Labute approximate surface area is 146 Å². The van der Waals surface area contributed by atoms with Crippen molar-refractivity contribution >= 4 is 11.8 Å². The molecule has 1 atom stereocenters. The van der Waals surface area contributed by atoms with Gasteiger partial charge in [0.25, 0.3) is 0 Å². The Morgan fingerprint density at radius 1 is 0.680 bits per heavy atom. The molecule has 124 valence electrons. The molecule has 0 bridgehead atoms. The van der Waals surface area contributed by atoms with Crippen LogP contribution in [0.4, 0.5) is 0 Å². The lowest BCUT2D eigenvalue weighted by Crippen LogP contribution is -2.24. The van der Waals surface area contributed by atoms with E-state index in [-0.39, 0.29) is 5.78 Å². The molecule has 3 aromatic rings. The summed E-state index contributed by atoms with van der Waals surface area (Å²) in [5.41, 5.74) is 3.05. The molecule has 3 nitrogen and oxygen atoms in total. The minimum atomic E-state index is -0.830. The van der Waals surface area contributed by atoms with Crippen LogP contribution >= 0.6 is 0 Å². The Bertz CT molecular complexity index is 853. The maximum Gasteiger partial charge on any atom is 0.338 e. The maximum absolute atomic E-state index is 12.3. The van der Waals surface area contributed by atoms with Crippen LogP contribution in [0.3, 0.4) is 0 Å². The summed E-state index contributed by atoms with van der Waals surface area (Å²) in [5.74, 6) is -0.716. The molecule has 0 aliphatic carbocycles. The molecule has 0 radical (unpaired) electrons. The zero-order chi connectivity index (χ0) is 17.6. The van der Waals surface area contributed by atoms with Gasteiger partial charge in [0.15, 0.2) is 6.10 Å². The first-order chi connectivity index (χ1) is 12.1. The molecule has 3 rings (SSSR count). The van der Waals surface area contributed by atoms with Crippen molar-refractivity contribution in [3.8, 4) is 11.1 Å². The van der Waals surface area contributed by atoms with Crippen LogP contribution in [0.15, 0.2) is 84.9 Å². The van der Waals surface area contributed by atoms with Gasteiger partial charge in [-0.3, -0.25) is 4.79 Å². The first-order valence-electron chi connectivity index (χ1n) is 8.11. The first-order valence-corrected chi connectivity index (χ1v) is 8.11. The molecule has 0 heterocycles. The van der Waals surface area contributed by atoms with Crippen molar-refractivity contribution in [3.63, 3.8) is 0 Å². The summed E-state index contributed by atoms with van der Waals surface area (Å²) in [4.78, 5) is 24.5. The van der Waals surface area contributed by atoms with Crippen LogP contribution in [-0.4, -0.2) is 17.9 Å². The summed E-state index contributed by atoms with van der Waals surface area (Å²) in [7, 11) is 0. The van der Waals surface area contributed by atoms with Crippen molar-refractivity contribution in [3.05, 3.63) is 96.1 Å². The summed E-state index contributed by atoms with van der Waals surface area (Å²) in [6, 6.07) is 25.9. The van der Waals surface area contributed by atoms with E-state index in [2.05, 4.69) is 0 Å². The maximum atomic E-state index is 12.3. The molecule has 0 N–H and O–H groups in total. The molecule has 3 aromatic carbocycles. The van der Waals surface area contributed by atoms with E-state index >= 15 is 0 Å². The Balaban J connectivity index is 1.68. The number of hydrogen-bond donors (Lipinski definition) is 0. The third-order valence-electron chi connectivity index (χ3n) is 3.94. The molecule has 0 aromatic heterocycles. The second kappa shape index (κ2) is 7.58. The van der Waals surface area contributed by atoms with Gasteiger partial charge in [-0.25, -0.2) is 4.79 Å². The third kappa shape index (κ3) is 4.01. The standard InChI is InChI=1S/C22H18O3/c1-16(21(23)19-10-6-3-7-11-19)25-22(24)20-14-12-18(13-15-20)17-8-4-2-5-9-17/h2-16H,1H3/t16-/m1/s1. The fraction of sp³-hybridized carbons (Fsp3) is 0.0909. The largest absolute Gasteiger partial charge is 0.451 e. The molecule has 0 unspecified atom stereocenters. The normalized spacial score (nSPS) is 11.6. The monoisotopic (exact) mass is 330 g/mol. The van der Waals surface area contributed by atoms with Crippen LogP contribution in [0.2, 0.25) is 0 Å². The van der Waals surface area contributed by atoms with E-state index in [0.29, 0.717) is 11.1 Å². The average Bonchev–Trinajstić information content (AvgIpc) is 2.68. The van der Waals surface area contributed by atoms with Gasteiger partial charge in [-0.2, -0.15) is 0 Å². The van der Waals surface area contributed by atoms with E-state index in [4.69, 9.17) is 4.74 Å². The fourth-order valence-electron chi connectivity index (χ4n) is 2.55. The zero-order valence-electron chi connectivity index (χ0n) is 13.9. The molecule has 0 amide bonds. The number of benzene rings is 3. The van der Waals surface area contributed by atoms with Gasteiger partial charge in [-0.05, 0) is 30.2 Å². The highest BCUT2D eigenvalue weighted by atomic mass is 16.5. The molecular weight excluding hydrogens is 312 g/mol. The smallest absolute Gasteiger partial charge is 0.338 e. The van der Waals surface area contributed by atoms with Gasteiger partial charge in [0, 0.05) is 5.56 Å². The van der Waals surface area contributed by atoms with Crippen molar-refractivity contribution in [2.45, 2.75) is 13.0 Å². The number of hydrogen-bond acceptors (Lipinski definition) is 3. The molecule has 0 fully saturated rings. The second-order valence-electron chi connectivity index (χ2n) is 5.72. The SMILES string of the molecule is C[C@@H](OC(=O)c1ccc(-c2ccccc2)cc1)C(=O)c1ccccc1. The minimum absolute atomic E-state index is 0.213. The fourth-order valence-corrected chi connectivity index (χ4v) is 2.55. The molecule has 0 saturated heterocycles. The highest BCUT2D eigenvalue weighted by molar-refractivity contribution is 6.01. The topological polar surface area (TPSA) is 43.4 Å². The predicted octanol–water partition coefficient (Wildman–Crippen LogP) is 4.78. The quantitative estimate of drug-likeness (QED) is 0.499. The Morgan fingerprint density at radius 2 is 1.20 bits per heavy atom. The van der Waals surface area contributed by atoms with E-state index in [1.54, 1.807) is 43.3 Å². The molecular formula is C22H18O3. The van der Waals surface area contributed by atoms with Crippen molar-refractivity contribution < 1.29 is 14.3 Å². The minimum Gasteiger partial charge on any atom is -0.451 e. The van der Waals surface area contributed by atoms with Crippen molar-refractivity contribution in [2.75, 3.05) is 0 Å². The second-order valence-corrected chi connectivity index (χ2v) is 5.72. The number of rotatable bonds is 5. The number of carbonyl (C=O) groups excluding carboxylic acids is 2. The lowest BCUT2D eigenvalue weighted by atomic mass is 10.0. The van der Waals surface area contributed by atoms with Crippen molar-refractivity contribution in [1.82, 2.24) is 0 Å². The van der Waals surface area contributed by atoms with Crippen LogP contribution < -0.4 is 0 Å². The number of Topliss-reactive ketones (excluding diaryl/α,β-unsaturated/α-hetero) is 1. The molecule has 0 aliphatic heterocycles. The third-order valence-corrected chi connectivity index (χ3v) is 3.94. The molecule has 0 aliphatic rings. The van der Waals surface area contributed by atoms with Gasteiger partial charge in [0.05, 0.1) is 5.56 Å². The molecule has 3 heteroatoms. The van der Waals surface area contributed by atoms with Crippen LogP contribution in [-0.2, 0) is 4.74 Å². The lowest BCUT2D eigenvalue weighted by Gasteiger charge is -2.12. The Hall–Kier alpha value is -3.20. The summed E-state index contributed by atoms with van der Waals surface area (Å²) < 4.78 is 5.31. The van der Waals surface area contributed by atoms with Crippen LogP contribution in [0.5, 0.6) is 0 Å². The zero-order valence-corrected chi connectivity index (χ0v) is 13.9. The van der Waals surface area contributed by atoms with E-state index in [0.717, 1.165) is 11.1 Å². The summed E-state index contributed by atoms with van der Waals surface area (Å²) in [6.45, 7) is 1.59. The van der Waals surface area contributed by atoms with Crippen molar-refractivity contribution in [1.29, 1.82) is 0 Å². The van der Waals surface area contributed by atoms with Crippen LogP contribution in [0.25, 0.3) is 11.1 Å². The number of ketones is 1. The summed E-state index contributed by atoms with van der Waals surface area (Å²) in [5, 5.41) is 0. The Kier molecular flexibility index (Phi) is 5.05. The molecule has 0 saturated carbocycles. The lowest BCUT2D eigenvalue weighted by molar-refractivity contribution is 0.0319. The van der Waals surface area contributed by atoms with Crippen molar-refractivity contribution in [2.24, 2.45) is 0 Å². The van der Waals surface area contributed by atoms with Gasteiger partial charge < -0.3 is 4.74 Å². The number of ether oxygens (including phenoxy) is 1. The van der Waals surface area contributed by atoms with E-state index in [9.17, 15) is 9.59 Å². The highest BCUT2D eigenvalue weighted by Gasteiger charge is 2.20. The van der Waals surface area contributed by atoms with Crippen LogP contribution in [0.1, 0.15) is 27.6 Å². The van der Waals surface area contributed by atoms with E-state index in [1.165, 1.54) is 0 Å². The van der Waals surface area contributed by atoms with E-state index < -0.39 is 12.1 Å². The van der Waals surface area contributed by atoms with Gasteiger partial charge in [-0.1, -0.05) is 72.8 Å². The predicted molar refractivity (Wildman–Crippen MR) is 97.5 cm³/mol. The highest BCUT2D eigenvalue weighted by Crippen LogP contribution is 2.20. The van der Waals surface area contributed by atoms with Gasteiger partial charge in [-0.15, -0.1) is 0 Å². The number of esters is 1. The number of carbonyl (C=O) groups is 2. The van der Waals surface area contributed by atoms with Crippen LogP contribution in [0, 0.1) is 0 Å². The Morgan fingerprint density at radius 3 is 1.80 bits per heavy atom. The summed E-state index contributed by atoms with van der Waals surface area (Å²) in [6.07, 6.45) is -0.830. The summed E-state index contributed by atoms with van der Waals surface area (Å²) >= 11 is 0.